The van der Waals surface area contributed by atoms with Crippen LogP contribution >= 0.6 is 0 Å². The molecule has 2 saturated heterocycles. The zero-order valence-electron chi connectivity index (χ0n) is 21.7. The predicted octanol–water partition coefficient (Wildman–Crippen LogP) is 4.24. The van der Waals surface area contributed by atoms with Crippen LogP contribution in [0.15, 0.2) is 66.9 Å². The molecule has 0 radical (unpaired) electrons. The van der Waals surface area contributed by atoms with Crippen LogP contribution in [0.3, 0.4) is 0 Å². The summed E-state index contributed by atoms with van der Waals surface area (Å²) < 4.78 is 1.79. The molecule has 7 heteroatoms. The van der Waals surface area contributed by atoms with Crippen LogP contribution in [-0.2, 0) is 4.79 Å². The molecule has 1 aromatic heterocycles. The minimum atomic E-state index is -0.0449. The SMILES string of the molecule is C[C@@H](C(=O)NCCN1CCCC1)C1CCN(C(=O)c2cn(-c3ccccc3)nc2-c2ccccc2)CC1. The van der Waals surface area contributed by atoms with Crippen molar-refractivity contribution in [1.82, 2.24) is 24.9 Å². The van der Waals surface area contributed by atoms with Gasteiger partial charge in [0.05, 0.1) is 11.3 Å². The number of nitrogens with zero attached hydrogens (tertiary/aromatic N) is 4. The maximum Gasteiger partial charge on any atom is 0.257 e. The van der Waals surface area contributed by atoms with Gasteiger partial charge >= 0.3 is 0 Å². The Morgan fingerprint density at radius 3 is 2.27 bits per heavy atom. The first kappa shape index (κ1) is 25.2. The normalized spacial score (nSPS) is 17.6. The summed E-state index contributed by atoms with van der Waals surface area (Å²) in [5.74, 6) is 0.384. The quantitative estimate of drug-likeness (QED) is 0.503. The molecule has 3 heterocycles. The van der Waals surface area contributed by atoms with Gasteiger partial charge in [0.25, 0.3) is 5.91 Å². The number of likely N-dealkylation sites (tertiary alicyclic amines) is 2. The Morgan fingerprint density at radius 2 is 1.59 bits per heavy atom. The number of aromatic nitrogens is 2. The zero-order chi connectivity index (χ0) is 25.6. The smallest absolute Gasteiger partial charge is 0.257 e. The lowest BCUT2D eigenvalue weighted by molar-refractivity contribution is -0.126. The Morgan fingerprint density at radius 1 is 0.946 bits per heavy atom. The molecule has 0 bridgehead atoms. The van der Waals surface area contributed by atoms with Gasteiger partial charge in [0, 0.05) is 43.9 Å². The molecule has 194 valence electrons. The first-order valence-electron chi connectivity index (χ1n) is 13.6. The van der Waals surface area contributed by atoms with Gasteiger partial charge in [-0.2, -0.15) is 5.10 Å². The third-order valence-corrected chi connectivity index (χ3v) is 7.89. The topological polar surface area (TPSA) is 70.5 Å². The number of hydrogen-bond donors (Lipinski definition) is 1. The Labute approximate surface area is 219 Å². The monoisotopic (exact) mass is 499 g/mol. The van der Waals surface area contributed by atoms with Crippen LogP contribution in [0.25, 0.3) is 16.9 Å². The third-order valence-electron chi connectivity index (χ3n) is 7.89. The summed E-state index contributed by atoms with van der Waals surface area (Å²) in [6.45, 7) is 7.28. The van der Waals surface area contributed by atoms with Crippen molar-refractivity contribution in [3.63, 3.8) is 0 Å². The summed E-state index contributed by atoms with van der Waals surface area (Å²) in [5, 5.41) is 7.94. The van der Waals surface area contributed by atoms with Crippen molar-refractivity contribution in [3.8, 4) is 16.9 Å². The Balaban J connectivity index is 1.22. The molecule has 37 heavy (non-hydrogen) atoms. The van der Waals surface area contributed by atoms with Crippen molar-refractivity contribution in [2.24, 2.45) is 11.8 Å². The van der Waals surface area contributed by atoms with E-state index in [1.54, 1.807) is 4.68 Å². The number of carbonyl (C=O) groups is 2. The van der Waals surface area contributed by atoms with Gasteiger partial charge in [-0.25, -0.2) is 4.68 Å². The molecule has 0 aliphatic carbocycles. The summed E-state index contributed by atoms with van der Waals surface area (Å²) >= 11 is 0. The van der Waals surface area contributed by atoms with E-state index in [-0.39, 0.29) is 23.7 Å². The number of nitrogens with one attached hydrogen (secondary N) is 1. The van der Waals surface area contributed by atoms with Crippen LogP contribution in [0.1, 0.15) is 43.0 Å². The van der Waals surface area contributed by atoms with Gasteiger partial charge in [0.1, 0.15) is 5.69 Å². The van der Waals surface area contributed by atoms with E-state index in [0.717, 1.165) is 43.7 Å². The Hall–Kier alpha value is -3.45. The number of amides is 2. The maximum absolute atomic E-state index is 13.7. The van der Waals surface area contributed by atoms with E-state index in [2.05, 4.69) is 10.2 Å². The third kappa shape index (κ3) is 5.93. The summed E-state index contributed by atoms with van der Waals surface area (Å²) in [7, 11) is 0. The van der Waals surface area contributed by atoms with Crippen molar-refractivity contribution >= 4 is 11.8 Å². The Kier molecular flexibility index (Phi) is 7.99. The van der Waals surface area contributed by atoms with Crippen LogP contribution < -0.4 is 5.32 Å². The largest absolute Gasteiger partial charge is 0.355 e. The molecule has 1 N–H and O–H groups in total. The minimum Gasteiger partial charge on any atom is -0.355 e. The highest BCUT2D eigenvalue weighted by Crippen LogP contribution is 2.29. The van der Waals surface area contributed by atoms with E-state index >= 15 is 0 Å². The number of para-hydroxylation sites is 1. The van der Waals surface area contributed by atoms with Gasteiger partial charge < -0.3 is 15.1 Å². The number of rotatable bonds is 8. The molecule has 3 aromatic rings. The van der Waals surface area contributed by atoms with E-state index in [0.29, 0.717) is 30.9 Å². The highest BCUT2D eigenvalue weighted by molar-refractivity contribution is 6.00. The van der Waals surface area contributed by atoms with Crippen molar-refractivity contribution in [2.75, 3.05) is 39.3 Å². The first-order chi connectivity index (χ1) is 18.1. The molecular formula is C30H37N5O2. The average Bonchev–Trinajstić information content (AvgIpc) is 3.64. The fourth-order valence-electron chi connectivity index (χ4n) is 5.54. The highest BCUT2D eigenvalue weighted by Gasteiger charge is 2.31. The van der Waals surface area contributed by atoms with Gasteiger partial charge in [0.2, 0.25) is 5.91 Å². The summed E-state index contributed by atoms with van der Waals surface area (Å²) in [6, 6.07) is 19.8. The number of carbonyl (C=O) groups excluding carboxylic acids is 2. The van der Waals surface area contributed by atoms with Gasteiger partial charge in [-0.1, -0.05) is 55.5 Å². The van der Waals surface area contributed by atoms with Crippen molar-refractivity contribution in [2.45, 2.75) is 32.6 Å². The summed E-state index contributed by atoms with van der Waals surface area (Å²) in [5.41, 5.74) is 3.15. The van der Waals surface area contributed by atoms with Crippen LogP contribution in [0.4, 0.5) is 0 Å². The lowest BCUT2D eigenvalue weighted by atomic mass is 9.84. The highest BCUT2D eigenvalue weighted by atomic mass is 16.2. The van der Waals surface area contributed by atoms with E-state index in [4.69, 9.17) is 5.10 Å². The molecular weight excluding hydrogens is 462 g/mol. The average molecular weight is 500 g/mol. The fourth-order valence-corrected chi connectivity index (χ4v) is 5.54. The fraction of sp³-hybridized carbons (Fsp3) is 0.433. The number of piperidine rings is 1. The lowest BCUT2D eigenvalue weighted by Crippen LogP contribution is -2.43. The molecule has 0 saturated carbocycles. The molecule has 7 nitrogen and oxygen atoms in total. The van der Waals surface area contributed by atoms with Crippen LogP contribution in [0.5, 0.6) is 0 Å². The molecule has 5 rings (SSSR count). The van der Waals surface area contributed by atoms with Crippen molar-refractivity contribution in [3.05, 3.63) is 72.4 Å². The predicted molar refractivity (Wildman–Crippen MR) is 145 cm³/mol. The molecule has 2 amide bonds. The molecule has 1 atom stereocenters. The van der Waals surface area contributed by atoms with Crippen LogP contribution in [-0.4, -0.2) is 70.7 Å². The summed E-state index contributed by atoms with van der Waals surface area (Å²) in [4.78, 5) is 30.8. The zero-order valence-corrected chi connectivity index (χ0v) is 21.7. The standard InChI is InChI=1S/C30H37N5O2/c1-23(29(36)31-16-21-33-17-8-9-18-33)24-14-19-34(20-15-24)30(37)27-22-35(26-12-6-3-7-13-26)32-28(27)25-10-4-2-5-11-25/h2-7,10-13,22-24H,8-9,14-21H2,1H3,(H,31,36)/t23-/m1/s1. The van der Waals surface area contributed by atoms with E-state index in [1.165, 1.54) is 12.8 Å². The molecule has 2 aliphatic rings. The van der Waals surface area contributed by atoms with Crippen molar-refractivity contribution < 1.29 is 9.59 Å². The summed E-state index contributed by atoms with van der Waals surface area (Å²) in [6.07, 6.45) is 6.05. The second-order valence-electron chi connectivity index (χ2n) is 10.3. The van der Waals surface area contributed by atoms with Gasteiger partial charge in [-0.15, -0.1) is 0 Å². The van der Waals surface area contributed by atoms with Crippen LogP contribution in [0, 0.1) is 11.8 Å². The second-order valence-corrected chi connectivity index (χ2v) is 10.3. The van der Waals surface area contributed by atoms with E-state index < -0.39 is 0 Å². The maximum atomic E-state index is 13.7. The van der Waals surface area contributed by atoms with E-state index in [9.17, 15) is 9.59 Å². The molecule has 2 aliphatic heterocycles. The molecule has 2 aromatic carbocycles. The number of hydrogen-bond acceptors (Lipinski definition) is 4. The first-order valence-corrected chi connectivity index (χ1v) is 13.6. The van der Waals surface area contributed by atoms with Crippen LogP contribution in [0.2, 0.25) is 0 Å². The molecule has 2 fully saturated rings. The van der Waals surface area contributed by atoms with Gasteiger partial charge in [0.15, 0.2) is 0 Å². The molecule has 0 spiro atoms. The van der Waals surface area contributed by atoms with E-state index in [1.807, 2.05) is 78.7 Å². The minimum absolute atomic E-state index is 0.00204. The lowest BCUT2D eigenvalue weighted by Gasteiger charge is -2.34. The second kappa shape index (κ2) is 11.7. The van der Waals surface area contributed by atoms with Crippen molar-refractivity contribution in [1.29, 1.82) is 0 Å². The van der Waals surface area contributed by atoms with Gasteiger partial charge in [-0.05, 0) is 56.8 Å². The Bertz CT molecular complexity index is 1180. The number of benzene rings is 2. The molecule has 0 unspecified atom stereocenters. The van der Waals surface area contributed by atoms with Gasteiger partial charge in [-0.3, -0.25) is 9.59 Å².